The number of benzene rings is 1. The van der Waals surface area contributed by atoms with E-state index in [9.17, 15) is 0 Å². The van der Waals surface area contributed by atoms with Crippen molar-refractivity contribution in [1.29, 1.82) is 0 Å². The summed E-state index contributed by atoms with van der Waals surface area (Å²) in [6.07, 6.45) is 5.54. The summed E-state index contributed by atoms with van der Waals surface area (Å²) in [6, 6.07) is 13.2. The Balaban J connectivity index is 1.68. The third-order valence-electron chi connectivity index (χ3n) is 4.54. The van der Waals surface area contributed by atoms with Gasteiger partial charge in [0.25, 0.3) is 0 Å². The number of nitrogens with zero attached hydrogens (tertiary/aromatic N) is 1. The maximum absolute atomic E-state index is 6.06. The van der Waals surface area contributed by atoms with E-state index in [1.165, 1.54) is 29.5 Å². The summed E-state index contributed by atoms with van der Waals surface area (Å²) in [4.78, 5) is 4.45. The minimum atomic E-state index is 0.217. The topological polar surface area (TPSA) is 34.1 Å². The normalized spacial score (nSPS) is 24.8. The molecule has 0 saturated carbocycles. The Morgan fingerprint density at radius 2 is 2.19 bits per heavy atom. The summed E-state index contributed by atoms with van der Waals surface area (Å²) in [5.74, 6) is 0. The van der Waals surface area contributed by atoms with E-state index in [0.29, 0.717) is 6.04 Å². The van der Waals surface area contributed by atoms with Gasteiger partial charge in [-0.1, -0.05) is 18.2 Å². The van der Waals surface area contributed by atoms with E-state index in [0.717, 1.165) is 25.3 Å². The Morgan fingerprint density at radius 1 is 1.19 bits per heavy atom. The van der Waals surface area contributed by atoms with Gasteiger partial charge < -0.3 is 10.1 Å². The van der Waals surface area contributed by atoms with Gasteiger partial charge in [0.2, 0.25) is 0 Å². The van der Waals surface area contributed by atoms with Crippen molar-refractivity contribution >= 4 is 0 Å². The van der Waals surface area contributed by atoms with Crippen LogP contribution in [-0.2, 0) is 11.2 Å². The van der Waals surface area contributed by atoms with Crippen molar-refractivity contribution in [1.82, 2.24) is 10.3 Å². The molecule has 3 heteroatoms. The van der Waals surface area contributed by atoms with E-state index in [2.05, 4.69) is 34.6 Å². The maximum Gasteiger partial charge on any atom is 0.0980 e. The Hall–Kier alpha value is -1.71. The van der Waals surface area contributed by atoms with Crippen LogP contribution >= 0.6 is 0 Å². The first-order valence-corrected chi connectivity index (χ1v) is 7.81. The molecule has 2 aliphatic heterocycles. The largest absolute Gasteiger partial charge is 0.372 e. The highest BCUT2D eigenvalue weighted by molar-refractivity contribution is 5.61. The minimum Gasteiger partial charge on any atom is -0.372 e. The Kier molecular flexibility index (Phi) is 3.45. The number of fused-ring (bicyclic) bond motifs is 1. The van der Waals surface area contributed by atoms with Gasteiger partial charge in [-0.2, -0.15) is 0 Å². The molecule has 2 atom stereocenters. The molecule has 0 amide bonds. The summed E-state index contributed by atoms with van der Waals surface area (Å²) in [5.41, 5.74) is 5.03. The molecule has 0 radical (unpaired) electrons. The number of pyridine rings is 1. The summed E-state index contributed by atoms with van der Waals surface area (Å²) >= 11 is 0. The van der Waals surface area contributed by atoms with E-state index in [4.69, 9.17) is 4.74 Å². The van der Waals surface area contributed by atoms with Gasteiger partial charge in [0.05, 0.1) is 18.4 Å². The molecule has 0 aliphatic carbocycles. The molecular weight excluding hydrogens is 260 g/mol. The fourth-order valence-electron chi connectivity index (χ4n) is 3.48. The van der Waals surface area contributed by atoms with Crippen molar-refractivity contribution in [2.75, 3.05) is 13.2 Å². The molecule has 1 fully saturated rings. The molecule has 1 N–H and O–H groups in total. The predicted octanol–water partition coefficient (Wildman–Crippen LogP) is 3.11. The third-order valence-corrected chi connectivity index (χ3v) is 4.54. The number of ether oxygens (including phenoxy) is 1. The minimum absolute atomic E-state index is 0.217. The van der Waals surface area contributed by atoms with Crippen molar-refractivity contribution in [3.8, 4) is 11.3 Å². The highest BCUT2D eigenvalue weighted by Crippen LogP contribution is 2.34. The van der Waals surface area contributed by atoms with Gasteiger partial charge in [-0.3, -0.25) is 4.98 Å². The van der Waals surface area contributed by atoms with Crippen molar-refractivity contribution in [3.63, 3.8) is 0 Å². The smallest absolute Gasteiger partial charge is 0.0980 e. The monoisotopic (exact) mass is 280 g/mol. The molecule has 4 rings (SSSR count). The number of aromatic nitrogens is 1. The number of hydrogen-bond acceptors (Lipinski definition) is 3. The van der Waals surface area contributed by atoms with E-state index in [-0.39, 0.29) is 6.10 Å². The molecule has 1 saturated heterocycles. The maximum atomic E-state index is 6.06. The first-order chi connectivity index (χ1) is 10.4. The standard InChI is InChI=1S/C18H20N2O/c1-2-9-19-16(4-1)14-6-7-15-13(12-14)8-11-21-18(15)17-5-3-10-20-17/h1-2,4,6-7,9,12,17-18,20H,3,5,8,10-11H2/t17?,18-/m0/s1. The Labute approximate surface area is 125 Å². The second-order valence-corrected chi connectivity index (χ2v) is 5.87. The lowest BCUT2D eigenvalue weighted by molar-refractivity contribution is 0.0199. The quantitative estimate of drug-likeness (QED) is 0.918. The Morgan fingerprint density at radius 3 is 3.00 bits per heavy atom. The zero-order valence-electron chi connectivity index (χ0n) is 12.1. The lowest BCUT2D eigenvalue weighted by Gasteiger charge is -2.31. The molecule has 0 spiro atoms. The van der Waals surface area contributed by atoms with Crippen molar-refractivity contribution in [3.05, 3.63) is 53.7 Å². The lowest BCUT2D eigenvalue weighted by atomic mass is 9.90. The molecule has 21 heavy (non-hydrogen) atoms. The fourth-order valence-corrected chi connectivity index (χ4v) is 3.48. The van der Waals surface area contributed by atoms with Crippen LogP contribution in [0.25, 0.3) is 11.3 Å². The zero-order valence-corrected chi connectivity index (χ0v) is 12.1. The van der Waals surface area contributed by atoms with E-state index >= 15 is 0 Å². The van der Waals surface area contributed by atoms with E-state index in [1.54, 1.807) is 0 Å². The van der Waals surface area contributed by atoms with Crippen LogP contribution < -0.4 is 5.32 Å². The van der Waals surface area contributed by atoms with Crippen molar-refractivity contribution in [2.45, 2.75) is 31.4 Å². The average Bonchev–Trinajstić information content (AvgIpc) is 3.09. The number of hydrogen-bond donors (Lipinski definition) is 1. The van der Waals surface area contributed by atoms with Gasteiger partial charge in [0.1, 0.15) is 0 Å². The van der Waals surface area contributed by atoms with Crippen LogP contribution in [0.4, 0.5) is 0 Å². The van der Waals surface area contributed by atoms with Crippen LogP contribution in [0.5, 0.6) is 0 Å². The zero-order chi connectivity index (χ0) is 14.1. The van der Waals surface area contributed by atoms with Gasteiger partial charge in [-0.15, -0.1) is 0 Å². The van der Waals surface area contributed by atoms with Gasteiger partial charge in [-0.05, 0) is 55.1 Å². The van der Waals surface area contributed by atoms with Gasteiger partial charge in [0, 0.05) is 17.8 Å². The van der Waals surface area contributed by atoms with Gasteiger partial charge in [-0.25, -0.2) is 0 Å². The Bertz CT molecular complexity index is 620. The molecule has 3 nitrogen and oxygen atoms in total. The van der Waals surface area contributed by atoms with Crippen molar-refractivity contribution in [2.24, 2.45) is 0 Å². The van der Waals surface area contributed by atoms with E-state index < -0.39 is 0 Å². The number of nitrogens with one attached hydrogen (secondary N) is 1. The summed E-state index contributed by atoms with van der Waals surface area (Å²) in [6.45, 7) is 1.94. The van der Waals surface area contributed by atoms with Crippen LogP contribution in [0.2, 0.25) is 0 Å². The molecule has 108 valence electrons. The van der Waals surface area contributed by atoms with Crippen molar-refractivity contribution < 1.29 is 4.74 Å². The first-order valence-electron chi connectivity index (χ1n) is 7.81. The molecule has 0 bridgehead atoms. The molecular formula is C18H20N2O. The van der Waals surface area contributed by atoms with Crippen LogP contribution in [0.1, 0.15) is 30.1 Å². The second kappa shape index (κ2) is 5.58. The summed E-state index contributed by atoms with van der Waals surface area (Å²) in [7, 11) is 0. The second-order valence-electron chi connectivity index (χ2n) is 5.87. The first kappa shape index (κ1) is 13.0. The number of rotatable bonds is 2. The predicted molar refractivity (Wildman–Crippen MR) is 83.1 cm³/mol. The van der Waals surface area contributed by atoms with Crippen LogP contribution in [0, 0.1) is 0 Å². The molecule has 1 aromatic carbocycles. The average molecular weight is 280 g/mol. The highest BCUT2D eigenvalue weighted by atomic mass is 16.5. The molecule has 1 unspecified atom stereocenters. The molecule has 3 heterocycles. The lowest BCUT2D eigenvalue weighted by Crippen LogP contribution is -2.33. The molecule has 1 aromatic heterocycles. The van der Waals surface area contributed by atoms with Crippen LogP contribution in [0.3, 0.4) is 0 Å². The molecule has 2 aliphatic rings. The van der Waals surface area contributed by atoms with Gasteiger partial charge >= 0.3 is 0 Å². The van der Waals surface area contributed by atoms with Crippen LogP contribution in [0.15, 0.2) is 42.6 Å². The summed E-state index contributed by atoms with van der Waals surface area (Å²) in [5, 5.41) is 3.58. The highest BCUT2D eigenvalue weighted by Gasteiger charge is 2.30. The summed E-state index contributed by atoms with van der Waals surface area (Å²) < 4.78 is 6.06. The molecule has 2 aromatic rings. The third kappa shape index (κ3) is 2.47. The van der Waals surface area contributed by atoms with E-state index in [1.807, 2.05) is 18.3 Å². The van der Waals surface area contributed by atoms with Gasteiger partial charge in [0.15, 0.2) is 0 Å². The SMILES string of the molecule is c1ccc(-c2ccc3c(c2)CCO[C@@H]3C2CCCN2)nc1. The van der Waals surface area contributed by atoms with Crippen LogP contribution in [-0.4, -0.2) is 24.2 Å². The fraction of sp³-hybridized carbons (Fsp3) is 0.389.